The fourth-order valence-corrected chi connectivity index (χ4v) is 4.55. The Morgan fingerprint density at radius 1 is 0.852 bits per heavy atom. The predicted molar refractivity (Wildman–Crippen MR) is 111 cm³/mol. The van der Waals surface area contributed by atoms with Crippen LogP contribution in [0.5, 0.6) is 0 Å². The molecule has 4 rings (SSSR count). The Labute approximate surface area is 158 Å². The molecule has 0 aliphatic carbocycles. The molecule has 0 aliphatic rings. The van der Waals surface area contributed by atoms with Crippen LogP contribution in [0.4, 0.5) is 11.4 Å². The summed E-state index contributed by atoms with van der Waals surface area (Å²) in [5, 5.41) is 2.45. The summed E-state index contributed by atoms with van der Waals surface area (Å²) in [5.74, 6) is 0. The van der Waals surface area contributed by atoms with Crippen molar-refractivity contribution >= 4 is 43.1 Å². The average molecular weight is 377 g/mol. The van der Waals surface area contributed by atoms with Crippen LogP contribution in [0.1, 0.15) is 0 Å². The van der Waals surface area contributed by atoms with E-state index >= 15 is 0 Å². The van der Waals surface area contributed by atoms with Gasteiger partial charge in [-0.05, 0) is 24.3 Å². The largest absolute Gasteiger partial charge is 0.377 e. The van der Waals surface area contributed by atoms with Crippen molar-refractivity contribution in [2.45, 2.75) is 4.90 Å². The minimum atomic E-state index is -3.78. The van der Waals surface area contributed by atoms with E-state index in [0.29, 0.717) is 16.6 Å². The fourth-order valence-electron chi connectivity index (χ4n) is 3.27. The molecule has 0 unspecified atom stereocenters. The number of rotatable bonds is 4. The molecule has 0 amide bonds. The predicted octanol–water partition coefficient (Wildman–Crippen LogP) is 4.25. The van der Waals surface area contributed by atoms with Gasteiger partial charge in [0.1, 0.15) is 0 Å². The zero-order valence-electron chi connectivity index (χ0n) is 15.0. The van der Waals surface area contributed by atoms with E-state index in [1.54, 1.807) is 18.3 Å². The zero-order valence-corrected chi connectivity index (χ0v) is 15.9. The third kappa shape index (κ3) is 3.08. The van der Waals surface area contributed by atoms with Gasteiger partial charge in [-0.2, -0.15) is 0 Å². The van der Waals surface area contributed by atoms with Gasteiger partial charge in [-0.25, -0.2) is 8.42 Å². The molecule has 136 valence electrons. The molecule has 0 aliphatic heterocycles. The molecule has 0 saturated heterocycles. The highest BCUT2D eigenvalue weighted by Gasteiger charge is 2.20. The molecule has 0 atom stereocenters. The third-order valence-corrected chi connectivity index (χ3v) is 5.93. The molecule has 0 fully saturated rings. The second kappa shape index (κ2) is 6.55. The maximum absolute atomic E-state index is 13.2. The molecule has 6 heteroatoms. The summed E-state index contributed by atoms with van der Waals surface area (Å²) in [4.78, 5) is 6.54. The van der Waals surface area contributed by atoms with Gasteiger partial charge in [-0.15, -0.1) is 0 Å². The van der Waals surface area contributed by atoms with E-state index in [0.717, 1.165) is 16.5 Å². The van der Waals surface area contributed by atoms with Gasteiger partial charge in [0.2, 0.25) is 0 Å². The topological polar surface area (TPSA) is 62.3 Å². The average Bonchev–Trinajstić information content (AvgIpc) is 2.67. The Bertz CT molecular complexity index is 1250. The van der Waals surface area contributed by atoms with Crippen LogP contribution in [0, 0.1) is 0 Å². The van der Waals surface area contributed by atoms with Crippen LogP contribution in [0.25, 0.3) is 21.7 Å². The quantitative estimate of drug-likeness (QED) is 0.577. The Hall–Kier alpha value is -3.12. The number of nitrogens with zero attached hydrogens (tertiary/aromatic N) is 2. The summed E-state index contributed by atoms with van der Waals surface area (Å²) >= 11 is 0. The lowest BCUT2D eigenvalue weighted by molar-refractivity contribution is 0.602. The van der Waals surface area contributed by atoms with Gasteiger partial charge in [0.05, 0.1) is 16.1 Å². The zero-order chi connectivity index (χ0) is 19.0. The van der Waals surface area contributed by atoms with Crippen LogP contribution in [-0.2, 0) is 10.0 Å². The van der Waals surface area contributed by atoms with Crippen LogP contribution in [-0.4, -0.2) is 27.5 Å². The first-order chi connectivity index (χ1) is 13.0. The first-order valence-electron chi connectivity index (χ1n) is 8.53. The summed E-state index contributed by atoms with van der Waals surface area (Å²) < 4.78 is 29.1. The molecular weight excluding hydrogens is 358 g/mol. The highest BCUT2D eigenvalue weighted by atomic mass is 32.2. The second-order valence-corrected chi connectivity index (χ2v) is 8.16. The maximum atomic E-state index is 13.2. The Morgan fingerprint density at radius 3 is 2.37 bits per heavy atom. The number of anilines is 2. The summed E-state index contributed by atoms with van der Waals surface area (Å²) in [6, 6.07) is 20.2. The minimum Gasteiger partial charge on any atom is -0.377 e. The Kier molecular flexibility index (Phi) is 4.20. The first kappa shape index (κ1) is 17.3. The van der Waals surface area contributed by atoms with E-state index in [-0.39, 0.29) is 4.90 Å². The minimum absolute atomic E-state index is 0.247. The molecule has 27 heavy (non-hydrogen) atoms. The molecule has 1 aromatic heterocycles. The number of hydrogen-bond donors (Lipinski definition) is 1. The lowest BCUT2D eigenvalue weighted by atomic mass is 10.1. The molecule has 0 bridgehead atoms. The maximum Gasteiger partial charge on any atom is 0.262 e. The fraction of sp³-hybridized carbons (Fsp3) is 0.0952. The third-order valence-electron chi connectivity index (χ3n) is 4.51. The number of pyridine rings is 1. The van der Waals surface area contributed by atoms with E-state index in [2.05, 4.69) is 9.71 Å². The van der Waals surface area contributed by atoms with Crippen molar-refractivity contribution in [3.8, 4) is 0 Å². The van der Waals surface area contributed by atoms with Crippen LogP contribution in [0.15, 0.2) is 77.8 Å². The van der Waals surface area contributed by atoms with Crippen LogP contribution in [0.3, 0.4) is 0 Å². The van der Waals surface area contributed by atoms with Crippen molar-refractivity contribution in [1.29, 1.82) is 0 Å². The molecule has 0 radical (unpaired) electrons. The summed E-state index contributed by atoms with van der Waals surface area (Å²) in [6.07, 6.45) is 1.65. The van der Waals surface area contributed by atoms with Gasteiger partial charge < -0.3 is 4.90 Å². The molecular formula is C21H19N3O2S. The van der Waals surface area contributed by atoms with Crippen molar-refractivity contribution in [1.82, 2.24) is 4.98 Å². The molecule has 0 saturated carbocycles. The normalized spacial score (nSPS) is 11.6. The van der Waals surface area contributed by atoms with Crippen LogP contribution in [0.2, 0.25) is 0 Å². The monoisotopic (exact) mass is 377 g/mol. The number of sulfonamides is 1. The van der Waals surface area contributed by atoms with Crippen LogP contribution >= 0.6 is 0 Å². The number of benzene rings is 3. The molecule has 0 spiro atoms. The summed E-state index contributed by atoms with van der Waals surface area (Å²) in [5.41, 5.74) is 2.06. The number of nitrogens with one attached hydrogen (secondary N) is 1. The molecule has 3 aromatic carbocycles. The first-order valence-corrected chi connectivity index (χ1v) is 10.0. The van der Waals surface area contributed by atoms with E-state index in [9.17, 15) is 8.42 Å². The van der Waals surface area contributed by atoms with Crippen molar-refractivity contribution in [3.63, 3.8) is 0 Å². The highest BCUT2D eigenvalue weighted by molar-refractivity contribution is 7.93. The standard InChI is InChI=1S/C21H19N3O2S/c1-24(2)19-12-13-20(17-10-4-3-9-16(17)19)27(25,26)23-18-11-5-7-15-8-6-14-22-21(15)18/h3-14,23H,1-2H3. The van der Waals surface area contributed by atoms with Gasteiger partial charge in [-0.3, -0.25) is 9.71 Å². The van der Waals surface area contributed by atoms with E-state index in [1.807, 2.05) is 73.6 Å². The molecule has 5 nitrogen and oxygen atoms in total. The molecule has 1 N–H and O–H groups in total. The van der Waals surface area contributed by atoms with E-state index in [4.69, 9.17) is 0 Å². The van der Waals surface area contributed by atoms with Crippen molar-refractivity contribution in [2.24, 2.45) is 0 Å². The van der Waals surface area contributed by atoms with Crippen molar-refractivity contribution < 1.29 is 8.42 Å². The van der Waals surface area contributed by atoms with Gasteiger partial charge in [-0.1, -0.05) is 42.5 Å². The van der Waals surface area contributed by atoms with Gasteiger partial charge in [0.15, 0.2) is 0 Å². The smallest absolute Gasteiger partial charge is 0.262 e. The lowest BCUT2D eigenvalue weighted by Gasteiger charge is -2.18. The summed E-state index contributed by atoms with van der Waals surface area (Å²) in [7, 11) is 0.0985. The van der Waals surface area contributed by atoms with E-state index in [1.165, 1.54) is 0 Å². The SMILES string of the molecule is CN(C)c1ccc(S(=O)(=O)Nc2cccc3cccnc23)c2ccccc12. The Balaban J connectivity index is 1.87. The Morgan fingerprint density at radius 2 is 1.59 bits per heavy atom. The number of hydrogen-bond acceptors (Lipinski definition) is 4. The number of para-hydroxylation sites is 1. The van der Waals surface area contributed by atoms with Gasteiger partial charge in [0.25, 0.3) is 10.0 Å². The van der Waals surface area contributed by atoms with Crippen molar-refractivity contribution in [2.75, 3.05) is 23.7 Å². The van der Waals surface area contributed by atoms with Crippen molar-refractivity contribution in [3.05, 3.63) is 72.9 Å². The number of fused-ring (bicyclic) bond motifs is 2. The highest BCUT2D eigenvalue weighted by Crippen LogP contribution is 2.32. The number of aromatic nitrogens is 1. The van der Waals surface area contributed by atoms with Crippen LogP contribution < -0.4 is 9.62 Å². The van der Waals surface area contributed by atoms with E-state index < -0.39 is 10.0 Å². The lowest BCUT2D eigenvalue weighted by Crippen LogP contribution is -2.15. The van der Waals surface area contributed by atoms with Gasteiger partial charge >= 0.3 is 0 Å². The summed E-state index contributed by atoms with van der Waals surface area (Å²) in [6.45, 7) is 0. The second-order valence-electron chi connectivity index (χ2n) is 6.51. The molecule has 1 heterocycles. The molecule has 4 aromatic rings. The van der Waals surface area contributed by atoms with Gasteiger partial charge in [0, 0.05) is 42.1 Å².